The second-order valence-corrected chi connectivity index (χ2v) is 19.1. The molecule has 0 rings (SSSR count). The summed E-state index contributed by atoms with van der Waals surface area (Å²) in [7, 11) is -0.708. The smallest absolute Gasteiger partial charge is 0.0594 e. The molecule has 254 valence electrons. The third-order valence-corrected chi connectivity index (χ3v) is 15.5. The van der Waals surface area contributed by atoms with Crippen molar-refractivity contribution in [2.45, 2.75) is 240 Å². The van der Waals surface area contributed by atoms with E-state index in [0.717, 1.165) is 0 Å². The van der Waals surface area contributed by atoms with Crippen LogP contribution in [0.1, 0.15) is 240 Å². The normalized spacial score (nSPS) is 12.0. The van der Waals surface area contributed by atoms with E-state index >= 15 is 0 Å². The molecule has 42 heavy (non-hydrogen) atoms. The van der Waals surface area contributed by atoms with Crippen molar-refractivity contribution in [1.82, 2.24) is 0 Å². The van der Waals surface area contributed by atoms with Crippen molar-refractivity contribution >= 4 is 7.26 Å². The van der Waals surface area contributed by atoms with E-state index in [1.54, 1.807) is 43.9 Å². The predicted octanol–water partition coefficient (Wildman–Crippen LogP) is 16.0. The van der Waals surface area contributed by atoms with E-state index in [1.807, 2.05) is 0 Å². The molecule has 0 bridgehead atoms. The highest BCUT2D eigenvalue weighted by Gasteiger charge is 2.33. The topological polar surface area (TPSA) is 0 Å². The fourth-order valence-corrected chi connectivity index (χ4v) is 11.4. The van der Waals surface area contributed by atoms with E-state index in [1.165, 1.54) is 193 Å². The third-order valence-electron chi connectivity index (χ3n) is 10.4. The Hall–Kier alpha value is 0.430. The van der Waals surface area contributed by atoms with Gasteiger partial charge in [0.05, 0.1) is 24.6 Å². The fraction of sp³-hybridized carbons (Fsp3) is 1.00. The standard InChI is InChI=1S/C41H86P/c1-5-9-12-15-18-21-24-27-30-33-36-39-42(8-4,40-37-34-31-28-25-22-19-16-13-10-6-2)41-38-35-32-29-26-23-20-17-14-11-7-3/h5-41H2,1-4H3/q+1. The molecular weight excluding hydrogens is 523 g/mol. The minimum Gasteiger partial charge on any atom is -0.0654 e. The third kappa shape index (κ3) is 30.5. The van der Waals surface area contributed by atoms with Crippen molar-refractivity contribution in [3.05, 3.63) is 0 Å². The molecule has 0 saturated carbocycles. The van der Waals surface area contributed by atoms with Gasteiger partial charge in [0.15, 0.2) is 0 Å². The Morgan fingerprint density at radius 2 is 0.381 bits per heavy atom. The number of rotatable bonds is 37. The number of hydrogen-bond acceptors (Lipinski definition) is 0. The van der Waals surface area contributed by atoms with Gasteiger partial charge in [-0.2, -0.15) is 0 Å². The summed E-state index contributed by atoms with van der Waals surface area (Å²) in [6.45, 7) is 9.56. The van der Waals surface area contributed by atoms with E-state index in [4.69, 9.17) is 0 Å². The van der Waals surface area contributed by atoms with Gasteiger partial charge >= 0.3 is 0 Å². The lowest BCUT2D eigenvalue weighted by Crippen LogP contribution is -2.11. The van der Waals surface area contributed by atoms with Gasteiger partial charge in [-0.1, -0.05) is 194 Å². The van der Waals surface area contributed by atoms with Gasteiger partial charge in [0, 0.05) is 7.26 Å². The minimum absolute atomic E-state index is 0.708. The molecule has 0 heterocycles. The molecule has 0 radical (unpaired) electrons. The predicted molar refractivity (Wildman–Crippen MR) is 201 cm³/mol. The molecule has 0 amide bonds. The highest BCUT2D eigenvalue weighted by molar-refractivity contribution is 7.75. The molecule has 0 aliphatic heterocycles. The lowest BCUT2D eigenvalue weighted by molar-refractivity contribution is 0.552. The Morgan fingerprint density at radius 1 is 0.214 bits per heavy atom. The van der Waals surface area contributed by atoms with Crippen LogP contribution in [-0.4, -0.2) is 24.6 Å². The molecule has 0 fully saturated rings. The van der Waals surface area contributed by atoms with Gasteiger partial charge in [0.2, 0.25) is 0 Å². The molecule has 0 saturated heterocycles. The molecule has 0 spiro atoms. The van der Waals surface area contributed by atoms with Crippen LogP contribution >= 0.6 is 7.26 Å². The Balaban J connectivity index is 4.21. The van der Waals surface area contributed by atoms with Crippen LogP contribution in [0.5, 0.6) is 0 Å². The molecule has 0 N–H and O–H groups in total. The second-order valence-electron chi connectivity index (χ2n) is 14.4. The Bertz CT molecular complexity index is 407. The molecule has 0 atom stereocenters. The summed E-state index contributed by atoms with van der Waals surface area (Å²) in [4.78, 5) is 0. The summed E-state index contributed by atoms with van der Waals surface area (Å²) in [5.74, 6) is 0. The molecule has 0 aromatic heterocycles. The minimum atomic E-state index is -0.708. The maximum atomic E-state index is 2.59. The van der Waals surface area contributed by atoms with Gasteiger partial charge in [-0.05, 0) is 45.4 Å². The SMILES string of the molecule is CCCCCCCCCCCCC[P+](CC)(CCCCCCCCCCCCC)CCCCCCCCCCCCC. The van der Waals surface area contributed by atoms with Crippen LogP contribution in [0, 0.1) is 0 Å². The maximum Gasteiger partial charge on any atom is 0.0594 e. The quantitative estimate of drug-likeness (QED) is 0.0485. The van der Waals surface area contributed by atoms with Crippen molar-refractivity contribution in [3.63, 3.8) is 0 Å². The van der Waals surface area contributed by atoms with E-state index in [0.29, 0.717) is 0 Å². The van der Waals surface area contributed by atoms with Gasteiger partial charge in [-0.15, -0.1) is 0 Å². The molecule has 0 aliphatic rings. The van der Waals surface area contributed by atoms with E-state index in [-0.39, 0.29) is 0 Å². The van der Waals surface area contributed by atoms with E-state index < -0.39 is 7.26 Å². The average molecular weight is 610 g/mol. The Labute approximate surface area is 270 Å². The van der Waals surface area contributed by atoms with Crippen LogP contribution in [0.4, 0.5) is 0 Å². The molecular formula is C41H86P+. The average Bonchev–Trinajstić information content (AvgIpc) is 3.01. The highest BCUT2D eigenvalue weighted by atomic mass is 31.2. The Morgan fingerprint density at radius 3 is 0.548 bits per heavy atom. The first-order valence-corrected chi connectivity index (χ1v) is 23.1. The molecule has 1 heteroatoms. The monoisotopic (exact) mass is 610 g/mol. The van der Waals surface area contributed by atoms with Crippen LogP contribution in [0.15, 0.2) is 0 Å². The van der Waals surface area contributed by atoms with Crippen molar-refractivity contribution in [1.29, 1.82) is 0 Å². The lowest BCUT2D eigenvalue weighted by atomic mass is 10.1. The Kier molecular flexibility index (Phi) is 36.3. The van der Waals surface area contributed by atoms with E-state index in [9.17, 15) is 0 Å². The summed E-state index contributed by atoms with van der Waals surface area (Å²) in [6, 6.07) is 0. The first-order chi connectivity index (χ1) is 20.7. The zero-order valence-electron chi connectivity index (χ0n) is 30.6. The van der Waals surface area contributed by atoms with Crippen molar-refractivity contribution in [3.8, 4) is 0 Å². The van der Waals surface area contributed by atoms with Crippen LogP contribution in [0.25, 0.3) is 0 Å². The highest BCUT2D eigenvalue weighted by Crippen LogP contribution is 2.60. The van der Waals surface area contributed by atoms with Gasteiger partial charge in [-0.3, -0.25) is 0 Å². The van der Waals surface area contributed by atoms with Crippen molar-refractivity contribution in [2.75, 3.05) is 24.6 Å². The largest absolute Gasteiger partial charge is 0.0654 e. The zero-order chi connectivity index (χ0) is 30.7. The van der Waals surface area contributed by atoms with Crippen LogP contribution in [0.3, 0.4) is 0 Å². The summed E-state index contributed by atoms with van der Waals surface area (Å²) in [5, 5.41) is 0. The zero-order valence-corrected chi connectivity index (χ0v) is 31.5. The van der Waals surface area contributed by atoms with Crippen LogP contribution < -0.4 is 0 Å². The first-order valence-electron chi connectivity index (χ1n) is 20.6. The van der Waals surface area contributed by atoms with Crippen LogP contribution in [0.2, 0.25) is 0 Å². The van der Waals surface area contributed by atoms with Gasteiger partial charge in [0.1, 0.15) is 0 Å². The van der Waals surface area contributed by atoms with Crippen molar-refractivity contribution < 1.29 is 0 Å². The molecule has 0 aromatic rings. The van der Waals surface area contributed by atoms with Crippen molar-refractivity contribution in [2.24, 2.45) is 0 Å². The maximum absolute atomic E-state index is 2.59. The van der Waals surface area contributed by atoms with Crippen LogP contribution in [-0.2, 0) is 0 Å². The summed E-state index contributed by atoms with van der Waals surface area (Å²) in [5.41, 5.74) is 0. The lowest BCUT2D eigenvalue weighted by Gasteiger charge is -2.27. The first kappa shape index (κ1) is 42.4. The van der Waals surface area contributed by atoms with Gasteiger partial charge < -0.3 is 0 Å². The summed E-state index contributed by atoms with van der Waals surface area (Å²) < 4.78 is 0. The number of unbranched alkanes of at least 4 members (excludes halogenated alkanes) is 30. The second kappa shape index (κ2) is 35.9. The fourth-order valence-electron chi connectivity index (χ4n) is 7.14. The molecule has 0 aromatic carbocycles. The summed E-state index contributed by atoms with van der Waals surface area (Å²) >= 11 is 0. The molecule has 0 aliphatic carbocycles. The molecule has 0 unspecified atom stereocenters. The van der Waals surface area contributed by atoms with Gasteiger partial charge in [0.25, 0.3) is 0 Å². The molecule has 0 nitrogen and oxygen atoms in total. The van der Waals surface area contributed by atoms with E-state index in [2.05, 4.69) is 27.7 Å². The summed E-state index contributed by atoms with van der Waals surface area (Å²) in [6.07, 6.45) is 55.5. The number of hydrogen-bond donors (Lipinski definition) is 0. The van der Waals surface area contributed by atoms with Gasteiger partial charge in [-0.25, -0.2) is 0 Å².